The molecule has 2 amide bonds. The molecule has 4 aliphatic heterocycles. The van der Waals surface area contributed by atoms with Crippen LogP contribution in [0.3, 0.4) is 0 Å². The van der Waals surface area contributed by atoms with Crippen molar-refractivity contribution in [3.8, 4) is 0 Å². The van der Waals surface area contributed by atoms with Gasteiger partial charge in [-0.1, -0.05) is 30.3 Å². The Morgan fingerprint density at radius 3 is 2.87 bits per heavy atom. The molecule has 3 atom stereocenters. The summed E-state index contributed by atoms with van der Waals surface area (Å²) < 4.78 is 5.42. The second-order valence-electron chi connectivity index (χ2n) is 8.00. The van der Waals surface area contributed by atoms with Gasteiger partial charge in [0.15, 0.2) is 12.0 Å². The number of nitrogens with zero attached hydrogens (tertiary/aromatic N) is 4. The third kappa shape index (κ3) is 4.26. The van der Waals surface area contributed by atoms with Gasteiger partial charge in [-0.3, -0.25) is 14.7 Å². The number of piperidine rings is 1. The molecule has 5 rings (SSSR count). The van der Waals surface area contributed by atoms with Gasteiger partial charge in [0.25, 0.3) is 0 Å². The van der Waals surface area contributed by atoms with Crippen LogP contribution in [0.15, 0.2) is 64.1 Å². The molecular weight excluding hydrogens is 418 g/mol. The Labute approximate surface area is 187 Å². The van der Waals surface area contributed by atoms with E-state index in [0.29, 0.717) is 13.1 Å². The highest BCUT2D eigenvalue weighted by molar-refractivity contribution is 5.84. The first-order valence-corrected chi connectivity index (χ1v) is 10.3. The SMILES string of the molecule is O=C(OCc1ccccc1)N1CC(=O)N2CC(C3=C4C=NC=C[NH+]4C=N3)CCC2C1.[Cl-]. The molecule has 2 saturated heterocycles. The van der Waals surface area contributed by atoms with Crippen LogP contribution in [0.1, 0.15) is 18.4 Å². The molecular formula is C22H24ClN5O3. The van der Waals surface area contributed by atoms with E-state index < -0.39 is 6.09 Å². The maximum absolute atomic E-state index is 12.8. The van der Waals surface area contributed by atoms with E-state index in [0.717, 1.165) is 34.7 Å². The highest BCUT2D eigenvalue weighted by Crippen LogP contribution is 2.32. The molecule has 9 heteroatoms. The predicted molar refractivity (Wildman–Crippen MR) is 111 cm³/mol. The Bertz CT molecular complexity index is 975. The number of benzene rings is 1. The Balaban J connectivity index is 0.00000231. The molecule has 1 N–H and O–H groups in total. The molecule has 31 heavy (non-hydrogen) atoms. The minimum absolute atomic E-state index is 0. The van der Waals surface area contributed by atoms with Crippen LogP contribution in [0.2, 0.25) is 0 Å². The van der Waals surface area contributed by atoms with Crippen molar-refractivity contribution in [2.24, 2.45) is 15.9 Å². The summed E-state index contributed by atoms with van der Waals surface area (Å²) in [5.41, 5.74) is 3.02. The van der Waals surface area contributed by atoms with Crippen molar-refractivity contribution >= 4 is 24.6 Å². The molecule has 0 aromatic heterocycles. The number of piperazine rings is 1. The predicted octanol–water partition coefficient (Wildman–Crippen LogP) is -2.06. The van der Waals surface area contributed by atoms with Gasteiger partial charge in [0.05, 0.1) is 12.4 Å². The van der Waals surface area contributed by atoms with E-state index in [-0.39, 0.29) is 43.4 Å². The molecule has 0 spiro atoms. The third-order valence-electron chi connectivity index (χ3n) is 6.11. The summed E-state index contributed by atoms with van der Waals surface area (Å²) in [5.74, 6) is 0.171. The third-order valence-corrected chi connectivity index (χ3v) is 6.11. The number of hydrogen-bond donors (Lipinski definition) is 1. The van der Waals surface area contributed by atoms with Gasteiger partial charge in [-0.15, -0.1) is 0 Å². The minimum Gasteiger partial charge on any atom is -1.00 e. The van der Waals surface area contributed by atoms with Crippen LogP contribution in [0, 0.1) is 5.92 Å². The van der Waals surface area contributed by atoms with Crippen LogP contribution in [0.5, 0.6) is 0 Å². The second-order valence-corrected chi connectivity index (χ2v) is 8.00. The van der Waals surface area contributed by atoms with Crippen molar-refractivity contribution in [3.05, 3.63) is 59.7 Å². The zero-order valence-electron chi connectivity index (χ0n) is 17.0. The number of quaternary nitrogens is 1. The van der Waals surface area contributed by atoms with E-state index in [9.17, 15) is 9.59 Å². The highest BCUT2D eigenvalue weighted by Gasteiger charge is 2.42. The lowest BCUT2D eigenvalue weighted by molar-refractivity contribution is -0.682. The Kier molecular flexibility index (Phi) is 6.20. The fourth-order valence-corrected chi connectivity index (χ4v) is 4.53. The van der Waals surface area contributed by atoms with Crippen LogP contribution in [0.4, 0.5) is 4.79 Å². The molecule has 4 heterocycles. The van der Waals surface area contributed by atoms with Gasteiger partial charge in [0.1, 0.15) is 25.0 Å². The zero-order valence-corrected chi connectivity index (χ0v) is 17.7. The van der Waals surface area contributed by atoms with Gasteiger partial charge < -0.3 is 22.0 Å². The monoisotopic (exact) mass is 441 g/mol. The Hall–Kier alpha value is -2.97. The standard InChI is InChI=1S/C22H23N5O3.ClH/c28-20-13-26(22(29)30-14-16-4-2-1-3-5-16)12-18-7-6-17(11-27(18)20)21-19-10-23-8-9-25(19)15-24-21;/h1-5,8-10,15,17-18H,6-7,11-14H2;1H. The topological polar surface area (TPSA) is 79.0 Å². The fourth-order valence-electron chi connectivity index (χ4n) is 4.53. The number of rotatable bonds is 3. The van der Waals surface area contributed by atoms with Gasteiger partial charge in [0, 0.05) is 25.0 Å². The van der Waals surface area contributed by atoms with E-state index in [1.807, 2.05) is 54.0 Å². The lowest BCUT2D eigenvalue weighted by Crippen LogP contribution is -3.04. The van der Waals surface area contributed by atoms with Crippen LogP contribution in [-0.2, 0) is 16.1 Å². The molecule has 1 aromatic carbocycles. The molecule has 4 aliphatic rings. The van der Waals surface area contributed by atoms with E-state index in [1.54, 1.807) is 6.20 Å². The summed E-state index contributed by atoms with van der Waals surface area (Å²) in [6, 6.07) is 9.59. The number of hydrogen-bond acceptors (Lipinski definition) is 5. The molecule has 0 radical (unpaired) electrons. The molecule has 0 saturated carbocycles. The van der Waals surface area contributed by atoms with E-state index in [4.69, 9.17) is 4.74 Å². The summed E-state index contributed by atoms with van der Waals surface area (Å²) >= 11 is 0. The second kappa shape index (κ2) is 9.03. The smallest absolute Gasteiger partial charge is 0.410 e. The number of allylic oxidation sites excluding steroid dienone is 1. The quantitative estimate of drug-likeness (QED) is 0.586. The Morgan fingerprint density at radius 2 is 2.03 bits per heavy atom. The van der Waals surface area contributed by atoms with Crippen molar-refractivity contribution in [1.82, 2.24) is 9.80 Å². The molecule has 8 nitrogen and oxygen atoms in total. The molecule has 2 fully saturated rings. The summed E-state index contributed by atoms with van der Waals surface area (Å²) in [4.78, 5) is 38.7. The Morgan fingerprint density at radius 1 is 1.19 bits per heavy atom. The first kappa shape index (κ1) is 21.3. The number of aliphatic imine (C=N–C) groups is 2. The van der Waals surface area contributed by atoms with Crippen molar-refractivity contribution < 1.29 is 31.6 Å². The van der Waals surface area contributed by atoms with Gasteiger partial charge in [0.2, 0.25) is 5.91 Å². The lowest BCUT2D eigenvalue weighted by Gasteiger charge is -2.45. The summed E-state index contributed by atoms with van der Waals surface area (Å²) in [6.07, 6.45) is 8.80. The van der Waals surface area contributed by atoms with Gasteiger partial charge in [-0.05, 0) is 18.4 Å². The van der Waals surface area contributed by atoms with E-state index >= 15 is 0 Å². The average Bonchev–Trinajstić information content (AvgIpc) is 3.22. The summed E-state index contributed by atoms with van der Waals surface area (Å²) in [6.45, 7) is 1.43. The van der Waals surface area contributed by atoms with E-state index in [2.05, 4.69) is 9.98 Å². The number of amides is 2. The average molecular weight is 442 g/mol. The van der Waals surface area contributed by atoms with Crippen molar-refractivity contribution in [3.63, 3.8) is 0 Å². The highest BCUT2D eigenvalue weighted by atomic mass is 35.5. The number of carbonyl (C=O) groups excluding carboxylic acids is 2. The number of nitrogens with one attached hydrogen (secondary N) is 1. The van der Waals surface area contributed by atoms with Crippen molar-refractivity contribution in [2.45, 2.75) is 25.5 Å². The number of carbonyl (C=O) groups is 2. The van der Waals surface area contributed by atoms with Crippen molar-refractivity contribution in [1.29, 1.82) is 0 Å². The van der Waals surface area contributed by atoms with E-state index in [1.165, 1.54) is 4.90 Å². The largest absolute Gasteiger partial charge is 1.00 e. The van der Waals surface area contributed by atoms with Gasteiger partial charge in [-0.2, -0.15) is 0 Å². The summed E-state index contributed by atoms with van der Waals surface area (Å²) in [5, 5.41) is 0. The lowest BCUT2D eigenvalue weighted by atomic mass is 9.88. The van der Waals surface area contributed by atoms with Crippen molar-refractivity contribution in [2.75, 3.05) is 19.6 Å². The van der Waals surface area contributed by atoms with Crippen LogP contribution in [0.25, 0.3) is 0 Å². The van der Waals surface area contributed by atoms with Crippen LogP contribution in [-0.4, -0.2) is 60.0 Å². The number of ether oxygens (including phenoxy) is 1. The maximum atomic E-state index is 12.8. The first-order chi connectivity index (χ1) is 14.7. The normalized spacial score (nSPS) is 26.5. The molecule has 0 aliphatic carbocycles. The molecule has 162 valence electrons. The zero-order chi connectivity index (χ0) is 20.5. The molecule has 0 bridgehead atoms. The fraction of sp³-hybridized carbons (Fsp3) is 0.364. The first-order valence-electron chi connectivity index (χ1n) is 10.3. The van der Waals surface area contributed by atoms with Crippen LogP contribution >= 0.6 is 0 Å². The molecule has 3 unspecified atom stereocenters. The maximum Gasteiger partial charge on any atom is 0.410 e. The number of fused-ring (bicyclic) bond motifs is 2. The van der Waals surface area contributed by atoms with Gasteiger partial charge in [-0.25, -0.2) is 14.7 Å². The van der Waals surface area contributed by atoms with Gasteiger partial charge >= 0.3 is 6.09 Å². The summed E-state index contributed by atoms with van der Waals surface area (Å²) in [7, 11) is 0. The minimum atomic E-state index is -0.427. The van der Waals surface area contributed by atoms with Crippen LogP contribution < -0.4 is 17.3 Å². The molecule has 1 aromatic rings. The number of halogens is 1.